The van der Waals surface area contributed by atoms with Crippen LogP contribution < -0.4 is 5.32 Å². The Morgan fingerprint density at radius 2 is 1.68 bits per heavy atom. The van der Waals surface area contributed by atoms with Crippen molar-refractivity contribution in [3.05, 3.63) is 35.4 Å². The Morgan fingerprint density at radius 3 is 2.32 bits per heavy atom. The number of nitrogens with one attached hydrogen (secondary N) is 1. The van der Waals surface area contributed by atoms with Crippen LogP contribution in [0, 0.1) is 11.8 Å². The summed E-state index contributed by atoms with van der Waals surface area (Å²) in [6, 6.07) is 10.4. The summed E-state index contributed by atoms with van der Waals surface area (Å²) in [6.07, 6.45) is 8.11. The van der Waals surface area contributed by atoms with Crippen molar-refractivity contribution in [1.82, 2.24) is 5.32 Å². The van der Waals surface area contributed by atoms with E-state index in [0.717, 1.165) is 17.9 Å². The smallest absolute Gasteiger partial charge is 0.0151 e. The largest absolute Gasteiger partial charge is 0.311 e. The van der Waals surface area contributed by atoms with Gasteiger partial charge in [-0.3, -0.25) is 0 Å². The molecule has 0 aromatic heterocycles. The standard InChI is InChI=1S/C18H27N/c1-13(2)14-8-5-9-17(10-14)19-18-11-15-6-3-4-7-16(15)12-18/h3-4,6-7,13-14,17-19H,5,8-12H2,1-2H3. The van der Waals surface area contributed by atoms with Gasteiger partial charge in [-0.25, -0.2) is 0 Å². The third kappa shape index (κ3) is 3.02. The van der Waals surface area contributed by atoms with E-state index in [0.29, 0.717) is 6.04 Å². The zero-order valence-corrected chi connectivity index (χ0v) is 12.4. The summed E-state index contributed by atoms with van der Waals surface area (Å²) in [4.78, 5) is 0. The van der Waals surface area contributed by atoms with Crippen LogP contribution in [0.3, 0.4) is 0 Å². The molecule has 0 saturated heterocycles. The van der Waals surface area contributed by atoms with Crippen molar-refractivity contribution < 1.29 is 0 Å². The molecule has 104 valence electrons. The number of fused-ring (bicyclic) bond motifs is 1. The summed E-state index contributed by atoms with van der Waals surface area (Å²) < 4.78 is 0. The van der Waals surface area contributed by atoms with Crippen molar-refractivity contribution in [2.75, 3.05) is 0 Å². The van der Waals surface area contributed by atoms with Crippen molar-refractivity contribution in [2.24, 2.45) is 11.8 Å². The Bertz CT molecular complexity index is 398. The Balaban J connectivity index is 1.56. The van der Waals surface area contributed by atoms with Gasteiger partial charge in [0.2, 0.25) is 0 Å². The minimum Gasteiger partial charge on any atom is -0.311 e. The Labute approximate surface area is 117 Å². The molecule has 0 aliphatic heterocycles. The quantitative estimate of drug-likeness (QED) is 0.864. The molecule has 0 bridgehead atoms. The Kier molecular flexibility index (Phi) is 3.93. The second kappa shape index (κ2) is 5.66. The molecule has 1 saturated carbocycles. The molecule has 0 heterocycles. The number of rotatable bonds is 3. The van der Waals surface area contributed by atoms with E-state index in [4.69, 9.17) is 0 Å². The SMILES string of the molecule is CC(C)C1CCCC(NC2Cc3ccccc3C2)C1. The second-order valence-corrected chi connectivity index (χ2v) is 6.91. The zero-order valence-electron chi connectivity index (χ0n) is 12.4. The van der Waals surface area contributed by atoms with Gasteiger partial charge in [0.15, 0.2) is 0 Å². The fourth-order valence-electron chi connectivity index (χ4n) is 3.99. The molecule has 19 heavy (non-hydrogen) atoms. The molecule has 1 nitrogen and oxygen atoms in total. The van der Waals surface area contributed by atoms with Crippen LogP contribution >= 0.6 is 0 Å². The van der Waals surface area contributed by atoms with Crippen LogP contribution in [0.4, 0.5) is 0 Å². The average Bonchev–Trinajstić information content (AvgIpc) is 2.81. The maximum Gasteiger partial charge on any atom is 0.0151 e. The van der Waals surface area contributed by atoms with Crippen LogP contribution in [0.15, 0.2) is 24.3 Å². The van der Waals surface area contributed by atoms with Crippen molar-refractivity contribution in [1.29, 1.82) is 0 Å². The van der Waals surface area contributed by atoms with E-state index in [-0.39, 0.29) is 0 Å². The van der Waals surface area contributed by atoms with Crippen LogP contribution in [0.2, 0.25) is 0 Å². The van der Waals surface area contributed by atoms with E-state index in [9.17, 15) is 0 Å². The van der Waals surface area contributed by atoms with Crippen LogP contribution in [0.5, 0.6) is 0 Å². The molecule has 0 radical (unpaired) electrons. The van der Waals surface area contributed by atoms with Gasteiger partial charge in [-0.05, 0) is 48.6 Å². The first-order valence-electron chi connectivity index (χ1n) is 8.05. The summed E-state index contributed by atoms with van der Waals surface area (Å²) in [5.74, 6) is 1.79. The van der Waals surface area contributed by atoms with E-state index in [2.05, 4.69) is 43.4 Å². The Morgan fingerprint density at radius 1 is 1.00 bits per heavy atom. The molecule has 2 unspecified atom stereocenters. The molecule has 1 aromatic carbocycles. The maximum atomic E-state index is 3.95. The van der Waals surface area contributed by atoms with Gasteiger partial charge in [0, 0.05) is 12.1 Å². The van der Waals surface area contributed by atoms with E-state index in [1.165, 1.54) is 38.5 Å². The highest BCUT2D eigenvalue weighted by Gasteiger charge is 2.28. The molecule has 1 aromatic rings. The number of benzene rings is 1. The summed E-state index contributed by atoms with van der Waals surface area (Å²) in [7, 11) is 0. The Hall–Kier alpha value is -0.820. The molecule has 0 amide bonds. The van der Waals surface area contributed by atoms with Gasteiger partial charge in [0.05, 0.1) is 0 Å². The molecular formula is C18H27N. The highest BCUT2D eigenvalue weighted by Crippen LogP contribution is 2.31. The summed E-state index contributed by atoms with van der Waals surface area (Å²) in [5, 5.41) is 3.95. The average molecular weight is 257 g/mol. The lowest BCUT2D eigenvalue weighted by Gasteiger charge is -2.33. The van der Waals surface area contributed by atoms with Gasteiger partial charge in [-0.15, -0.1) is 0 Å². The molecule has 1 N–H and O–H groups in total. The highest BCUT2D eigenvalue weighted by molar-refractivity contribution is 5.33. The summed E-state index contributed by atoms with van der Waals surface area (Å²) in [6.45, 7) is 4.77. The molecule has 2 aliphatic rings. The van der Waals surface area contributed by atoms with Crippen LogP contribution in [0.25, 0.3) is 0 Å². The van der Waals surface area contributed by atoms with Crippen molar-refractivity contribution in [3.8, 4) is 0 Å². The van der Waals surface area contributed by atoms with Gasteiger partial charge in [0.25, 0.3) is 0 Å². The van der Waals surface area contributed by atoms with E-state index >= 15 is 0 Å². The summed E-state index contributed by atoms with van der Waals surface area (Å²) in [5.41, 5.74) is 3.13. The van der Waals surface area contributed by atoms with Crippen LogP contribution in [-0.4, -0.2) is 12.1 Å². The van der Waals surface area contributed by atoms with E-state index in [1.807, 2.05) is 0 Å². The van der Waals surface area contributed by atoms with Gasteiger partial charge in [-0.1, -0.05) is 51.0 Å². The van der Waals surface area contributed by atoms with Gasteiger partial charge in [-0.2, -0.15) is 0 Å². The number of hydrogen-bond donors (Lipinski definition) is 1. The third-order valence-corrected chi connectivity index (χ3v) is 5.18. The molecule has 2 atom stereocenters. The molecule has 0 spiro atoms. The first kappa shape index (κ1) is 13.2. The lowest BCUT2D eigenvalue weighted by atomic mass is 9.79. The monoisotopic (exact) mass is 257 g/mol. The van der Waals surface area contributed by atoms with E-state index < -0.39 is 0 Å². The summed E-state index contributed by atoms with van der Waals surface area (Å²) >= 11 is 0. The van der Waals surface area contributed by atoms with Gasteiger partial charge >= 0.3 is 0 Å². The normalized spacial score (nSPS) is 27.7. The van der Waals surface area contributed by atoms with Crippen LogP contribution in [-0.2, 0) is 12.8 Å². The molecule has 1 heteroatoms. The van der Waals surface area contributed by atoms with E-state index in [1.54, 1.807) is 11.1 Å². The first-order valence-corrected chi connectivity index (χ1v) is 8.05. The fraction of sp³-hybridized carbons (Fsp3) is 0.667. The minimum absolute atomic E-state index is 0.688. The minimum atomic E-state index is 0.688. The molecular weight excluding hydrogens is 230 g/mol. The third-order valence-electron chi connectivity index (χ3n) is 5.18. The maximum absolute atomic E-state index is 3.95. The topological polar surface area (TPSA) is 12.0 Å². The van der Waals surface area contributed by atoms with Crippen LogP contribution in [0.1, 0.15) is 50.7 Å². The van der Waals surface area contributed by atoms with Gasteiger partial charge in [0.1, 0.15) is 0 Å². The molecule has 1 fully saturated rings. The lowest BCUT2D eigenvalue weighted by molar-refractivity contribution is 0.221. The highest BCUT2D eigenvalue weighted by atomic mass is 15.0. The first-order chi connectivity index (χ1) is 9.22. The van der Waals surface area contributed by atoms with Gasteiger partial charge < -0.3 is 5.32 Å². The lowest BCUT2D eigenvalue weighted by Crippen LogP contribution is -2.42. The van der Waals surface area contributed by atoms with Crippen molar-refractivity contribution in [2.45, 2.75) is 64.5 Å². The zero-order chi connectivity index (χ0) is 13.2. The number of hydrogen-bond acceptors (Lipinski definition) is 1. The second-order valence-electron chi connectivity index (χ2n) is 6.91. The molecule has 2 aliphatic carbocycles. The predicted octanol–water partition coefficient (Wildman–Crippen LogP) is 3.96. The predicted molar refractivity (Wildman–Crippen MR) is 81.4 cm³/mol. The van der Waals surface area contributed by atoms with Crippen molar-refractivity contribution >= 4 is 0 Å². The molecule has 3 rings (SSSR count). The fourth-order valence-corrected chi connectivity index (χ4v) is 3.99. The van der Waals surface area contributed by atoms with Crippen molar-refractivity contribution in [3.63, 3.8) is 0 Å².